The van der Waals surface area contributed by atoms with Crippen molar-refractivity contribution in [1.29, 1.82) is 0 Å². The molecule has 0 rings (SSSR count). The molecule has 6 heteroatoms. The maximum Gasteiger partial charge on any atom is 0.410 e. The predicted octanol–water partition coefficient (Wildman–Crippen LogP) is 0.820. The average Bonchev–Trinajstić information content (AvgIpc) is 2.30. The van der Waals surface area contributed by atoms with Crippen molar-refractivity contribution in [2.45, 2.75) is 6.92 Å². The van der Waals surface area contributed by atoms with E-state index in [9.17, 15) is 9.59 Å². The first-order valence-electron chi connectivity index (χ1n) is 5.26. The number of hydrogen-bond donors (Lipinski definition) is 0. The van der Waals surface area contributed by atoms with E-state index in [0.717, 1.165) is 0 Å². The zero-order valence-electron chi connectivity index (χ0n) is 10.3. The lowest BCUT2D eigenvalue weighted by Crippen LogP contribution is -2.37. The summed E-state index contributed by atoms with van der Waals surface area (Å²) in [5.41, 5.74) is 0. The minimum Gasteiger partial charge on any atom is -0.464 e. The molecule has 17 heavy (non-hydrogen) atoms. The van der Waals surface area contributed by atoms with Crippen LogP contribution in [0.4, 0.5) is 4.79 Å². The SMILES string of the molecule is C=CCOC(=O)N(CCOC)CCOC(C)=O. The fraction of sp³-hybridized carbons (Fsp3) is 0.636. The van der Waals surface area contributed by atoms with E-state index in [-0.39, 0.29) is 25.7 Å². The van der Waals surface area contributed by atoms with Crippen molar-refractivity contribution >= 4 is 12.1 Å². The van der Waals surface area contributed by atoms with Crippen LogP contribution in [0, 0.1) is 0 Å². The summed E-state index contributed by atoms with van der Waals surface area (Å²) in [4.78, 5) is 23.5. The lowest BCUT2D eigenvalue weighted by atomic mass is 10.5. The third-order valence-electron chi connectivity index (χ3n) is 1.81. The first kappa shape index (κ1) is 15.4. The van der Waals surface area contributed by atoms with Gasteiger partial charge in [-0.25, -0.2) is 4.79 Å². The summed E-state index contributed by atoms with van der Waals surface area (Å²) in [5.74, 6) is -0.379. The van der Waals surface area contributed by atoms with Crippen LogP contribution < -0.4 is 0 Å². The summed E-state index contributed by atoms with van der Waals surface area (Å²) in [6, 6.07) is 0. The van der Waals surface area contributed by atoms with Crippen molar-refractivity contribution in [3.05, 3.63) is 12.7 Å². The highest BCUT2D eigenvalue weighted by Gasteiger charge is 2.14. The van der Waals surface area contributed by atoms with Gasteiger partial charge in [-0.15, -0.1) is 0 Å². The average molecular weight is 245 g/mol. The van der Waals surface area contributed by atoms with Gasteiger partial charge in [-0.3, -0.25) is 4.79 Å². The highest BCUT2D eigenvalue weighted by molar-refractivity contribution is 5.68. The van der Waals surface area contributed by atoms with E-state index >= 15 is 0 Å². The van der Waals surface area contributed by atoms with E-state index in [1.807, 2.05) is 0 Å². The molecule has 0 aliphatic heterocycles. The summed E-state index contributed by atoms with van der Waals surface area (Å²) < 4.78 is 14.5. The number of hydrogen-bond acceptors (Lipinski definition) is 5. The molecular weight excluding hydrogens is 226 g/mol. The minimum atomic E-state index is -0.478. The molecule has 0 saturated heterocycles. The van der Waals surface area contributed by atoms with Gasteiger partial charge in [-0.2, -0.15) is 0 Å². The molecule has 0 aliphatic carbocycles. The van der Waals surface area contributed by atoms with Crippen LogP contribution in [0.1, 0.15) is 6.92 Å². The van der Waals surface area contributed by atoms with Crippen LogP contribution >= 0.6 is 0 Å². The second kappa shape index (κ2) is 9.65. The van der Waals surface area contributed by atoms with Gasteiger partial charge in [-0.05, 0) is 0 Å². The summed E-state index contributed by atoms with van der Waals surface area (Å²) in [7, 11) is 1.54. The topological polar surface area (TPSA) is 65.1 Å². The maximum atomic E-state index is 11.5. The Morgan fingerprint density at radius 2 is 1.88 bits per heavy atom. The number of methoxy groups -OCH3 is 1. The molecule has 0 radical (unpaired) electrons. The van der Waals surface area contributed by atoms with Crippen molar-refractivity contribution in [3.63, 3.8) is 0 Å². The molecule has 0 unspecified atom stereocenters. The fourth-order valence-corrected chi connectivity index (χ4v) is 1.02. The smallest absolute Gasteiger partial charge is 0.410 e. The number of ether oxygens (including phenoxy) is 3. The molecular formula is C11H19NO5. The van der Waals surface area contributed by atoms with Crippen LogP contribution in [0.2, 0.25) is 0 Å². The Morgan fingerprint density at radius 1 is 1.24 bits per heavy atom. The fourth-order valence-electron chi connectivity index (χ4n) is 1.02. The van der Waals surface area contributed by atoms with Crippen molar-refractivity contribution in [2.75, 3.05) is 40.0 Å². The first-order valence-corrected chi connectivity index (χ1v) is 5.26. The zero-order valence-corrected chi connectivity index (χ0v) is 10.3. The van der Waals surface area contributed by atoms with Gasteiger partial charge in [-0.1, -0.05) is 12.7 Å². The first-order chi connectivity index (χ1) is 8.11. The van der Waals surface area contributed by atoms with Crippen LogP contribution in [-0.2, 0) is 19.0 Å². The van der Waals surface area contributed by atoms with Gasteiger partial charge >= 0.3 is 12.1 Å². The van der Waals surface area contributed by atoms with E-state index in [0.29, 0.717) is 13.2 Å². The number of amides is 1. The van der Waals surface area contributed by atoms with Gasteiger partial charge in [0, 0.05) is 20.6 Å². The van der Waals surface area contributed by atoms with E-state index in [1.54, 1.807) is 7.11 Å². The van der Waals surface area contributed by atoms with Crippen molar-refractivity contribution in [2.24, 2.45) is 0 Å². The molecule has 98 valence electrons. The molecule has 0 atom stereocenters. The van der Waals surface area contributed by atoms with Crippen molar-refractivity contribution < 1.29 is 23.8 Å². The van der Waals surface area contributed by atoms with E-state index in [1.165, 1.54) is 17.9 Å². The van der Waals surface area contributed by atoms with Gasteiger partial charge in [0.05, 0.1) is 13.2 Å². The second-order valence-electron chi connectivity index (χ2n) is 3.19. The molecule has 0 saturated carbocycles. The van der Waals surface area contributed by atoms with E-state index < -0.39 is 6.09 Å². The van der Waals surface area contributed by atoms with E-state index in [2.05, 4.69) is 6.58 Å². The summed E-state index contributed by atoms with van der Waals surface area (Å²) in [6.07, 6.45) is 1.01. The highest BCUT2D eigenvalue weighted by Crippen LogP contribution is 1.95. The van der Waals surface area contributed by atoms with Crippen LogP contribution in [-0.4, -0.2) is 57.0 Å². The molecule has 0 aromatic rings. The van der Waals surface area contributed by atoms with Crippen LogP contribution in [0.3, 0.4) is 0 Å². The molecule has 0 aromatic heterocycles. The number of rotatable bonds is 8. The minimum absolute atomic E-state index is 0.141. The van der Waals surface area contributed by atoms with Crippen molar-refractivity contribution in [3.8, 4) is 0 Å². The summed E-state index contributed by atoms with van der Waals surface area (Å²) in [6.45, 7) is 6.11. The van der Waals surface area contributed by atoms with Gasteiger partial charge in [0.1, 0.15) is 13.2 Å². The Morgan fingerprint density at radius 3 is 2.41 bits per heavy atom. The highest BCUT2D eigenvalue weighted by atomic mass is 16.6. The van der Waals surface area contributed by atoms with Gasteiger partial charge < -0.3 is 19.1 Å². The normalized spacial score (nSPS) is 9.53. The molecule has 6 nitrogen and oxygen atoms in total. The molecule has 0 bridgehead atoms. The number of nitrogens with zero attached hydrogens (tertiary/aromatic N) is 1. The molecule has 0 heterocycles. The number of carbonyl (C=O) groups is 2. The Labute approximate surface area is 101 Å². The maximum absolute atomic E-state index is 11.5. The third kappa shape index (κ3) is 8.27. The Balaban J connectivity index is 4.06. The molecule has 0 aromatic carbocycles. The number of carbonyl (C=O) groups excluding carboxylic acids is 2. The number of esters is 1. The Bertz CT molecular complexity index is 254. The van der Waals surface area contributed by atoms with Gasteiger partial charge in [0.2, 0.25) is 0 Å². The molecule has 0 aliphatic rings. The van der Waals surface area contributed by atoms with Crippen LogP contribution in [0.25, 0.3) is 0 Å². The Kier molecular flexibility index (Phi) is 8.77. The van der Waals surface area contributed by atoms with Crippen molar-refractivity contribution in [1.82, 2.24) is 4.90 Å². The standard InChI is InChI=1S/C11H19NO5/c1-4-7-17-11(14)12(5-8-15-3)6-9-16-10(2)13/h4H,1,5-9H2,2-3H3. The van der Waals surface area contributed by atoms with Crippen LogP contribution in [0.5, 0.6) is 0 Å². The molecule has 0 spiro atoms. The lowest BCUT2D eigenvalue weighted by molar-refractivity contribution is -0.141. The quantitative estimate of drug-likeness (QED) is 0.468. The molecule has 1 amide bonds. The monoisotopic (exact) mass is 245 g/mol. The predicted molar refractivity (Wildman–Crippen MR) is 61.6 cm³/mol. The zero-order chi connectivity index (χ0) is 13.1. The Hall–Kier alpha value is -1.56. The largest absolute Gasteiger partial charge is 0.464 e. The van der Waals surface area contributed by atoms with Gasteiger partial charge in [0.15, 0.2) is 0 Å². The molecule has 0 N–H and O–H groups in total. The van der Waals surface area contributed by atoms with Crippen LogP contribution in [0.15, 0.2) is 12.7 Å². The summed E-state index contributed by atoms with van der Waals surface area (Å²) >= 11 is 0. The third-order valence-corrected chi connectivity index (χ3v) is 1.81. The lowest BCUT2D eigenvalue weighted by Gasteiger charge is -2.21. The second-order valence-corrected chi connectivity index (χ2v) is 3.19. The van der Waals surface area contributed by atoms with E-state index in [4.69, 9.17) is 14.2 Å². The summed E-state index contributed by atoms with van der Waals surface area (Å²) in [5, 5.41) is 0. The van der Waals surface area contributed by atoms with Gasteiger partial charge in [0.25, 0.3) is 0 Å². The molecule has 0 fully saturated rings.